The van der Waals surface area contributed by atoms with E-state index in [1.807, 2.05) is 0 Å². The number of hydrogen-bond acceptors (Lipinski definition) is 4. The predicted octanol–water partition coefficient (Wildman–Crippen LogP) is 1.81. The predicted molar refractivity (Wildman–Crippen MR) is 75.7 cm³/mol. The second-order valence-corrected chi connectivity index (χ2v) is 5.11. The van der Waals surface area contributed by atoms with Crippen LogP contribution in [0.4, 0.5) is 5.69 Å². The number of benzene rings is 1. The minimum atomic E-state index is -0.514. The third-order valence-electron chi connectivity index (χ3n) is 3.58. The Morgan fingerprint density at radius 3 is 2.85 bits per heavy atom. The molecule has 1 unspecified atom stereocenters. The number of amides is 1. The Hall–Kier alpha value is -1.95. The molecule has 1 N–H and O–H groups in total. The maximum Gasteiger partial charge on any atom is 0.282 e. The smallest absolute Gasteiger partial charge is 0.282 e. The number of likely N-dealkylation sites (N-methyl/N-ethyl adjacent to an activating group) is 1. The van der Waals surface area contributed by atoms with E-state index in [1.165, 1.54) is 12.1 Å². The van der Waals surface area contributed by atoms with Gasteiger partial charge in [-0.3, -0.25) is 14.9 Å². The van der Waals surface area contributed by atoms with Crippen molar-refractivity contribution in [1.29, 1.82) is 0 Å². The van der Waals surface area contributed by atoms with E-state index >= 15 is 0 Å². The molecule has 0 radical (unpaired) electrons. The van der Waals surface area contributed by atoms with Crippen molar-refractivity contribution in [3.8, 4) is 0 Å². The number of nitrogens with one attached hydrogen (secondary N) is 1. The van der Waals surface area contributed by atoms with Gasteiger partial charge in [0.1, 0.15) is 5.56 Å². The highest BCUT2D eigenvalue weighted by Crippen LogP contribution is 2.19. The Labute approximate surface area is 117 Å². The number of piperidine rings is 1. The van der Waals surface area contributed by atoms with Crippen molar-refractivity contribution < 1.29 is 9.72 Å². The van der Waals surface area contributed by atoms with Crippen molar-refractivity contribution in [2.75, 3.05) is 20.1 Å². The summed E-state index contributed by atoms with van der Waals surface area (Å²) in [5.74, 6) is -0.301. The first kappa shape index (κ1) is 14.5. The molecule has 0 saturated carbocycles. The average molecular weight is 277 g/mol. The summed E-state index contributed by atoms with van der Waals surface area (Å²) in [6.45, 7) is 1.54. The minimum Gasteiger partial charge on any atom is -0.340 e. The maximum atomic E-state index is 12.3. The number of carbonyl (C=O) groups is 1. The Morgan fingerprint density at radius 2 is 2.20 bits per heavy atom. The van der Waals surface area contributed by atoms with E-state index in [9.17, 15) is 14.9 Å². The molecule has 0 spiro atoms. The van der Waals surface area contributed by atoms with Crippen LogP contribution in [0.5, 0.6) is 0 Å². The topological polar surface area (TPSA) is 75.5 Å². The highest BCUT2D eigenvalue weighted by atomic mass is 16.6. The Kier molecular flexibility index (Phi) is 4.68. The van der Waals surface area contributed by atoms with E-state index in [0.29, 0.717) is 6.54 Å². The summed E-state index contributed by atoms with van der Waals surface area (Å²) >= 11 is 0. The van der Waals surface area contributed by atoms with Crippen molar-refractivity contribution in [2.24, 2.45) is 0 Å². The third kappa shape index (κ3) is 3.33. The zero-order valence-corrected chi connectivity index (χ0v) is 11.5. The van der Waals surface area contributed by atoms with Crippen LogP contribution in [0.3, 0.4) is 0 Å². The van der Waals surface area contributed by atoms with Gasteiger partial charge < -0.3 is 10.2 Å². The summed E-state index contributed by atoms with van der Waals surface area (Å²) in [5.41, 5.74) is 0.0109. The zero-order valence-electron chi connectivity index (χ0n) is 11.5. The van der Waals surface area contributed by atoms with Gasteiger partial charge in [-0.2, -0.15) is 0 Å². The van der Waals surface area contributed by atoms with E-state index in [-0.39, 0.29) is 23.2 Å². The lowest BCUT2D eigenvalue weighted by atomic mass is 10.0. The molecular weight excluding hydrogens is 258 g/mol. The molecule has 6 nitrogen and oxygen atoms in total. The van der Waals surface area contributed by atoms with Crippen LogP contribution >= 0.6 is 0 Å². The molecule has 108 valence electrons. The Balaban J connectivity index is 2.08. The summed E-state index contributed by atoms with van der Waals surface area (Å²) in [6, 6.07) is 6.36. The molecule has 0 aromatic heterocycles. The number of carbonyl (C=O) groups excluding carboxylic acids is 1. The van der Waals surface area contributed by atoms with Gasteiger partial charge in [0.25, 0.3) is 11.6 Å². The van der Waals surface area contributed by atoms with Crippen LogP contribution in [0.25, 0.3) is 0 Å². The fourth-order valence-corrected chi connectivity index (χ4v) is 2.51. The molecule has 1 atom stereocenters. The molecule has 2 rings (SSSR count). The van der Waals surface area contributed by atoms with Crippen LogP contribution in [0, 0.1) is 10.1 Å². The fourth-order valence-electron chi connectivity index (χ4n) is 2.51. The average Bonchev–Trinajstić information content (AvgIpc) is 2.47. The molecule has 1 aromatic rings. The SMILES string of the molecule is CN(CC1CCCCN1)C(=O)c1ccccc1[N+](=O)[O-]. The van der Waals surface area contributed by atoms with Gasteiger partial charge >= 0.3 is 0 Å². The van der Waals surface area contributed by atoms with Crippen molar-refractivity contribution in [3.63, 3.8) is 0 Å². The van der Waals surface area contributed by atoms with Crippen LogP contribution in [-0.2, 0) is 0 Å². The molecule has 1 amide bonds. The Bertz CT molecular complexity index is 498. The molecular formula is C14H19N3O3. The zero-order chi connectivity index (χ0) is 14.5. The van der Waals surface area contributed by atoms with E-state index in [0.717, 1.165) is 25.8 Å². The maximum absolute atomic E-state index is 12.3. The van der Waals surface area contributed by atoms with Crippen LogP contribution < -0.4 is 5.32 Å². The number of rotatable bonds is 4. The van der Waals surface area contributed by atoms with Crippen molar-refractivity contribution >= 4 is 11.6 Å². The van der Waals surface area contributed by atoms with E-state index in [2.05, 4.69) is 5.32 Å². The fraction of sp³-hybridized carbons (Fsp3) is 0.500. The van der Waals surface area contributed by atoms with E-state index in [1.54, 1.807) is 24.1 Å². The number of hydrogen-bond donors (Lipinski definition) is 1. The molecule has 0 bridgehead atoms. The lowest BCUT2D eigenvalue weighted by Crippen LogP contribution is -2.44. The third-order valence-corrected chi connectivity index (χ3v) is 3.58. The summed E-state index contributed by atoms with van der Waals surface area (Å²) in [7, 11) is 1.69. The largest absolute Gasteiger partial charge is 0.340 e. The Morgan fingerprint density at radius 1 is 1.45 bits per heavy atom. The first-order valence-corrected chi connectivity index (χ1v) is 6.82. The second-order valence-electron chi connectivity index (χ2n) is 5.11. The normalized spacial score (nSPS) is 18.6. The van der Waals surface area contributed by atoms with E-state index in [4.69, 9.17) is 0 Å². The molecule has 1 aliphatic heterocycles. The molecule has 0 aliphatic carbocycles. The van der Waals surface area contributed by atoms with Crippen molar-refractivity contribution in [3.05, 3.63) is 39.9 Å². The molecule has 1 aliphatic rings. The standard InChI is InChI=1S/C14H19N3O3/c1-16(10-11-6-4-5-9-15-11)14(18)12-7-2-3-8-13(12)17(19)20/h2-3,7-8,11,15H,4-6,9-10H2,1H3. The van der Waals surface area contributed by atoms with Gasteiger partial charge in [-0.25, -0.2) is 0 Å². The summed E-state index contributed by atoms with van der Waals surface area (Å²) in [6.07, 6.45) is 3.36. The summed E-state index contributed by atoms with van der Waals surface area (Å²) < 4.78 is 0. The molecule has 1 saturated heterocycles. The number of nitro groups is 1. The highest BCUT2D eigenvalue weighted by molar-refractivity contribution is 5.97. The van der Waals surface area contributed by atoms with Crippen LogP contribution in [0.1, 0.15) is 29.6 Å². The quantitative estimate of drug-likeness (QED) is 0.672. The van der Waals surface area contributed by atoms with Gasteiger partial charge in [-0.15, -0.1) is 0 Å². The number of nitro benzene ring substituents is 1. The highest BCUT2D eigenvalue weighted by Gasteiger charge is 2.24. The van der Waals surface area contributed by atoms with Gasteiger partial charge in [-0.1, -0.05) is 18.6 Å². The first-order valence-electron chi connectivity index (χ1n) is 6.82. The van der Waals surface area contributed by atoms with Crippen molar-refractivity contribution in [1.82, 2.24) is 10.2 Å². The van der Waals surface area contributed by atoms with E-state index < -0.39 is 4.92 Å². The molecule has 1 fully saturated rings. The van der Waals surface area contributed by atoms with Gasteiger partial charge in [0.05, 0.1) is 4.92 Å². The molecule has 20 heavy (non-hydrogen) atoms. The van der Waals surface area contributed by atoms with Gasteiger partial charge in [0.2, 0.25) is 0 Å². The molecule has 1 aromatic carbocycles. The van der Waals surface area contributed by atoms with Crippen LogP contribution in [-0.4, -0.2) is 41.9 Å². The number of nitrogens with zero attached hydrogens (tertiary/aromatic N) is 2. The van der Waals surface area contributed by atoms with Crippen LogP contribution in [0.15, 0.2) is 24.3 Å². The molecule has 1 heterocycles. The summed E-state index contributed by atoms with van der Waals surface area (Å²) in [5, 5.41) is 14.3. The number of para-hydroxylation sites is 1. The lowest BCUT2D eigenvalue weighted by Gasteiger charge is -2.28. The van der Waals surface area contributed by atoms with Crippen molar-refractivity contribution in [2.45, 2.75) is 25.3 Å². The lowest BCUT2D eigenvalue weighted by molar-refractivity contribution is -0.385. The second kappa shape index (κ2) is 6.47. The summed E-state index contributed by atoms with van der Waals surface area (Å²) in [4.78, 5) is 24.3. The first-order chi connectivity index (χ1) is 9.59. The minimum absolute atomic E-state index is 0.138. The van der Waals surface area contributed by atoms with Crippen LogP contribution in [0.2, 0.25) is 0 Å². The molecule has 6 heteroatoms. The monoisotopic (exact) mass is 277 g/mol. The van der Waals surface area contributed by atoms with Gasteiger partial charge in [-0.05, 0) is 25.5 Å². The van der Waals surface area contributed by atoms with Gasteiger partial charge in [0.15, 0.2) is 0 Å². The van der Waals surface area contributed by atoms with Gasteiger partial charge in [0, 0.05) is 25.7 Å².